The fourth-order valence-electron chi connectivity index (χ4n) is 1.88. The van der Waals surface area contributed by atoms with Gasteiger partial charge in [0.25, 0.3) is 5.91 Å². The number of carbonyl (C=O) groups excluding carboxylic acids is 1. The van der Waals surface area contributed by atoms with Crippen LogP contribution in [0.25, 0.3) is 0 Å². The molecule has 0 saturated carbocycles. The van der Waals surface area contributed by atoms with E-state index in [4.69, 9.17) is 17.3 Å². The summed E-state index contributed by atoms with van der Waals surface area (Å²) < 4.78 is 0. The highest BCUT2D eigenvalue weighted by Gasteiger charge is 2.21. The van der Waals surface area contributed by atoms with Crippen LogP contribution in [-0.2, 0) is 0 Å². The van der Waals surface area contributed by atoms with Crippen molar-refractivity contribution in [2.24, 2.45) is 5.92 Å². The smallest absolute Gasteiger partial charge is 0.255 e. The Bertz CT molecular complexity index is 598. The Morgan fingerprint density at radius 2 is 2.25 bits per heavy atom. The third-order valence-corrected chi connectivity index (χ3v) is 4.16. The predicted molar refractivity (Wildman–Crippen MR) is 83.0 cm³/mol. The summed E-state index contributed by atoms with van der Waals surface area (Å²) in [7, 11) is 0. The number of hydrogen-bond donors (Lipinski definition) is 2. The van der Waals surface area contributed by atoms with Gasteiger partial charge in [0, 0.05) is 4.88 Å². The van der Waals surface area contributed by atoms with Crippen LogP contribution in [0.4, 0.5) is 5.69 Å². The SMILES string of the molecule is CC(C)C(NC(=O)c1cc(N)cnc1Cl)c1cccs1. The van der Waals surface area contributed by atoms with Gasteiger partial charge in [0.1, 0.15) is 5.15 Å². The van der Waals surface area contributed by atoms with Crippen molar-refractivity contribution >= 4 is 34.5 Å². The van der Waals surface area contributed by atoms with Gasteiger partial charge in [0.15, 0.2) is 0 Å². The van der Waals surface area contributed by atoms with Crippen LogP contribution in [0.5, 0.6) is 0 Å². The van der Waals surface area contributed by atoms with Gasteiger partial charge in [-0.05, 0) is 23.4 Å². The van der Waals surface area contributed by atoms with Gasteiger partial charge in [-0.25, -0.2) is 4.98 Å². The number of hydrogen-bond acceptors (Lipinski definition) is 4. The van der Waals surface area contributed by atoms with Gasteiger partial charge in [0.2, 0.25) is 0 Å². The second-order valence-corrected chi connectivity index (χ2v) is 6.15. The minimum atomic E-state index is -0.262. The van der Waals surface area contributed by atoms with E-state index in [0.29, 0.717) is 11.3 Å². The van der Waals surface area contributed by atoms with Crippen molar-refractivity contribution in [2.45, 2.75) is 19.9 Å². The molecule has 0 aliphatic carbocycles. The Balaban J connectivity index is 2.23. The number of nitrogens with one attached hydrogen (secondary N) is 1. The van der Waals surface area contributed by atoms with Gasteiger partial charge in [-0.15, -0.1) is 11.3 Å². The molecule has 0 aliphatic heterocycles. The van der Waals surface area contributed by atoms with Crippen molar-refractivity contribution in [2.75, 3.05) is 5.73 Å². The Kier molecular flexibility index (Phi) is 4.62. The quantitative estimate of drug-likeness (QED) is 0.849. The summed E-state index contributed by atoms with van der Waals surface area (Å²) in [4.78, 5) is 17.4. The maximum atomic E-state index is 12.3. The molecule has 2 rings (SSSR count). The molecule has 1 unspecified atom stereocenters. The summed E-state index contributed by atoms with van der Waals surface area (Å²) in [6.07, 6.45) is 1.43. The fourth-order valence-corrected chi connectivity index (χ4v) is 3.02. The minimum Gasteiger partial charge on any atom is -0.397 e. The number of aromatic nitrogens is 1. The summed E-state index contributed by atoms with van der Waals surface area (Å²) in [5.74, 6) is 0.00675. The maximum absolute atomic E-state index is 12.3. The molecule has 1 amide bonds. The molecule has 106 valence electrons. The van der Waals surface area contributed by atoms with Gasteiger partial charge in [0.05, 0.1) is 23.5 Å². The Hall–Kier alpha value is -1.59. The van der Waals surface area contributed by atoms with Crippen LogP contribution in [0.1, 0.15) is 35.1 Å². The van der Waals surface area contributed by atoms with Gasteiger partial charge < -0.3 is 11.1 Å². The summed E-state index contributed by atoms with van der Waals surface area (Å²) >= 11 is 7.57. The lowest BCUT2D eigenvalue weighted by Crippen LogP contribution is -2.31. The summed E-state index contributed by atoms with van der Waals surface area (Å²) in [6, 6.07) is 5.46. The lowest BCUT2D eigenvalue weighted by molar-refractivity contribution is 0.0926. The number of anilines is 1. The van der Waals surface area contributed by atoms with Crippen molar-refractivity contribution in [3.63, 3.8) is 0 Å². The number of thiophene rings is 1. The lowest BCUT2D eigenvalue weighted by Gasteiger charge is -2.21. The molecule has 2 aromatic rings. The van der Waals surface area contributed by atoms with Crippen molar-refractivity contribution in [1.29, 1.82) is 0 Å². The monoisotopic (exact) mass is 309 g/mol. The molecule has 20 heavy (non-hydrogen) atoms. The number of nitrogen functional groups attached to an aromatic ring is 1. The fraction of sp³-hybridized carbons (Fsp3) is 0.286. The van der Waals surface area contributed by atoms with Gasteiger partial charge in [-0.1, -0.05) is 31.5 Å². The highest BCUT2D eigenvalue weighted by atomic mass is 35.5. The summed E-state index contributed by atoms with van der Waals surface area (Å²) in [5, 5.41) is 5.14. The van der Waals surface area contributed by atoms with Crippen LogP contribution in [-0.4, -0.2) is 10.9 Å². The van der Waals surface area contributed by atoms with E-state index in [9.17, 15) is 4.79 Å². The van der Waals surface area contributed by atoms with E-state index >= 15 is 0 Å². The Morgan fingerprint density at radius 3 is 2.85 bits per heavy atom. The molecule has 0 aromatic carbocycles. The average Bonchev–Trinajstić information content (AvgIpc) is 2.91. The lowest BCUT2D eigenvalue weighted by atomic mass is 10.0. The predicted octanol–water partition coefficient (Wildman–Crippen LogP) is 3.51. The molecular formula is C14H16ClN3OS. The van der Waals surface area contributed by atoms with Crippen LogP contribution in [0.15, 0.2) is 29.8 Å². The molecule has 0 saturated heterocycles. The molecule has 2 aromatic heterocycles. The van der Waals surface area contributed by atoms with E-state index in [1.54, 1.807) is 11.3 Å². The molecule has 0 bridgehead atoms. The number of rotatable bonds is 4. The first-order valence-electron chi connectivity index (χ1n) is 6.24. The second kappa shape index (κ2) is 6.24. The third kappa shape index (κ3) is 3.29. The van der Waals surface area contributed by atoms with Crippen molar-refractivity contribution in [3.8, 4) is 0 Å². The number of pyridine rings is 1. The van der Waals surface area contributed by atoms with E-state index in [0.717, 1.165) is 4.88 Å². The first kappa shape index (κ1) is 14.8. The number of amides is 1. The van der Waals surface area contributed by atoms with Crippen LogP contribution >= 0.6 is 22.9 Å². The standard InChI is InChI=1S/C14H16ClN3OS/c1-8(2)12(11-4-3-5-20-11)18-14(19)10-6-9(16)7-17-13(10)15/h3-8,12H,16H2,1-2H3,(H,18,19). The number of halogens is 1. The van der Waals surface area contributed by atoms with Gasteiger partial charge in [-0.2, -0.15) is 0 Å². The van der Waals surface area contributed by atoms with Crippen LogP contribution in [0.2, 0.25) is 5.15 Å². The highest BCUT2D eigenvalue weighted by Crippen LogP contribution is 2.27. The third-order valence-electron chi connectivity index (χ3n) is 2.91. The second-order valence-electron chi connectivity index (χ2n) is 4.82. The topological polar surface area (TPSA) is 68.0 Å². The first-order chi connectivity index (χ1) is 9.49. The van der Waals surface area contributed by atoms with Crippen molar-refractivity contribution in [1.82, 2.24) is 10.3 Å². The number of nitrogens with two attached hydrogens (primary N) is 1. The molecular weight excluding hydrogens is 294 g/mol. The largest absolute Gasteiger partial charge is 0.397 e. The van der Waals surface area contributed by atoms with E-state index in [1.807, 2.05) is 17.5 Å². The van der Waals surface area contributed by atoms with Crippen molar-refractivity contribution < 1.29 is 4.79 Å². The first-order valence-corrected chi connectivity index (χ1v) is 7.50. The van der Waals surface area contributed by atoms with Crippen LogP contribution in [0.3, 0.4) is 0 Å². The molecule has 6 heteroatoms. The zero-order valence-corrected chi connectivity index (χ0v) is 12.8. The molecule has 2 heterocycles. The molecule has 0 aliphatic rings. The summed E-state index contributed by atoms with van der Waals surface area (Å²) in [5.41, 5.74) is 6.36. The van der Waals surface area contributed by atoms with E-state index in [-0.39, 0.29) is 23.0 Å². The van der Waals surface area contributed by atoms with Crippen LogP contribution in [0, 0.1) is 5.92 Å². The molecule has 0 fully saturated rings. The minimum absolute atomic E-state index is 0.0556. The molecule has 3 N–H and O–H groups in total. The zero-order chi connectivity index (χ0) is 14.7. The van der Waals surface area contributed by atoms with Crippen LogP contribution < -0.4 is 11.1 Å². The molecule has 0 radical (unpaired) electrons. The Labute approximate surface area is 127 Å². The molecule has 4 nitrogen and oxygen atoms in total. The average molecular weight is 310 g/mol. The maximum Gasteiger partial charge on any atom is 0.255 e. The molecule has 0 spiro atoms. The zero-order valence-electron chi connectivity index (χ0n) is 11.3. The Morgan fingerprint density at radius 1 is 1.50 bits per heavy atom. The van der Waals surface area contributed by atoms with E-state index < -0.39 is 0 Å². The number of nitrogens with zero attached hydrogens (tertiary/aromatic N) is 1. The van der Waals surface area contributed by atoms with E-state index in [1.165, 1.54) is 12.3 Å². The van der Waals surface area contributed by atoms with Gasteiger partial charge in [-0.3, -0.25) is 4.79 Å². The van der Waals surface area contributed by atoms with E-state index in [2.05, 4.69) is 24.1 Å². The summed E-state index contributed by atoms with van der Waals surface area (Å²) in [6.45, 7) is 4.12. The van der Waals surface area contributed by atoms with Gasteiger partial charge >= 0.3 is 0 Å². The normalized spacial score (nSPS) is 12.4. The molecule has 1 atom stereocenters. The number of carbonyl (C=O) groups is 1. The highest BCUT2D eigenvalue weighted by molar-refractivity contribution is 7.10. The van der Waals surface area contributed by atoms with Crippen molar-refractivity contribution in [3.05, 3.63) is 45.4 Å².